The first-order chi connectivity index (χ1) is 9.19. The van der Waals surface area contributed by atoms with Crippen molar-refractivity contribution in [2.75, 3.05) is 12.3 Å². The number of anilines is 1. The van der Waals surface area contributed by atoms with E-state index >= 15 is 0 Å². The van der Waals surface area contributed by atoms with E-state index in [1.54, 1.807) is 6.07 Å². The fourth-order valence-corrected chi connectivity index (χ4v) is 2.07. The van der Waals surface area contributed by atoms with Gasteiger partial charge in [-0.05, 0) is 35.9 Å². The van der Waals surface area contributed by atoms with Crippen molar-refractivity contribution in [3.8, 4) is 0 Å². The van der Waals surface area contributed by atoms with Crippen molar-refractivity contribution in [3.63, 3.8) is 0 Å². The van der Waals surface area contributed by atoms with E-state index in [4.69, 9.17) is 5.73 Å². The molecule has 2 aromatic rings. The highest BCUT2D eigenvalue weighted by Gasteiger charge is 2.08. The Morgan fingerprint density at radius 1 is 1.05 bits per heavy atom. The van der Waals surface area contributed by atoms with E-state index < -0.39 is 0 Å². The third-order valence-electron chi connectivity index (χ3n) is 3.20. The van der Waals surface area contributed by atoms with Gasteiger partial charge in [0.1, 0.15) is 5.82 Å². The summed E-state index contributed by atoms with van der Waals surface area (Å²) in [6.45, 7) is 4.49. The minimum atomic E-state index is -0.236. The van der Waals surface area contributed by atoms with Crippen molar-refractivity contribution in [1.82, 2.24) is 4.90 Å². The molecule has 2 N–H and O–H groups in total. The van der Waals surface area contributed by atoms with Gasteiger partial charge in [0.05, 0.1) is 0 Å². The summed E-state index contributed by atoms with van der Waals surface area (Å²) in [4.78, 5) is 2.24. The number of halogens is 1. The number of benzene rings is 2. The smallest absolute Gasteiger partial charge is 0.123 e. The molecule has 0 saturated carbocycles. The van der Waals surface area contributed by atoms with Crippen molar-refractivity contribution in [2.45, 2.75) is 20.0 Å². The summed E-state index contributed by atoms with van der Waals surface area (Å²) in [6.07, 6.45) is 0. The Bertz CT molecular complexity index is 526. The maximum Gasteiger partial charge on any atom is 0.123 e. The van der Waals surface area contributed by atoms with Crippen LogP contribution in [-0.2, 0) is 13.1 Å². The minimum Gasteiger partial charge on any atom is -0.398 e. The first-order valence-corrected chi connectivity index (χ1v) is 6.49. The predicted octanol–water partition coefficient (Wildman–Crippen LogP) is 3.43. The van der Waals surface area contributed by atoms with E-state index in [1.807, 2.05) is 18.2 Å². The normalized spacial score (nSPS) is 10.9. The van der Waals surface area contributed by atoms with Gasteiger partial charge in [-0.2, -0.15) is 0 Å². The Balaban J connectivity index is 2.09. The molecule has 2 rings (SSSR count). The van der Waals surface area contributed by atoms with Gasteiger partial charge in [-0.3, -0.25) is 4.90 Å². The minimum absolute atomic E-state index is 0.236. The second kappa shape index (κ2) is 6.34. The lowest BCUT2D eigenvalue weighted by atomic mass is 10.1. The van der Waals surface area contributed by atoms with E-state index in [1.165, 1.54) is 17.7 Å². The second-order valence-corrected chi connectivity index (χ2v) is 4.63. The topological polar surface area (TPSA) is 29.3 Å². The highest BCUT2D eigenvalue weighted by molar-refractivity contribution is 5.46. The molecule has 0 aliphatic heterocycles. The zero-order chi connectivity index (χ0) is 13.7. The molecule has 0 saturated heterocycles. The third kappa shape index (κ3) is 3.80. The van der Waals surface area contributed by atoms with Crippen LogP contribution in [0.5, 0.6) is 0 Å². The Morgan fingerprint density at radius 3 is 2.47 bits per heavy atom. The van der Waals surface area contributed by atoms with Crippen LogP contribution in [0.15, 0.2) is 48.5 Å². The van der Waals surface area contributed by atoms with Gasteiger partial charge in [0.15, 0.2) is 0 Å². The quantitative estimate of drug-likeness (QED) is 0.832. The van der Waals surface area contributed by atoms with Gasteiger partial charge >= 0.3 is 0 Å². The number of nitrogens with zero attached hydrogens (tertiary/aromatic N) is 1. The van der Waals surface area contributed by atoms with Gasteiger partial charge in [0.25, 0.3) is 0 Å². The van der Waals surface area contributed by atoms with Crippen LogP contribution in [0.2, 0.25) is 0 Å². The largest absolute Gasteiger partial charge is 0.398 e. The molecule has 0 bridgehead atoms. The van der Waals surface area contributed by atoms with E-state index in [-0.39, 0.29) is 5.82 Å². The first kappa shape index (κ1) is 13.6. The van der Waals surface area contributed by atoms with Gasteiger partial charge in [0.2, 0.25) is 0 Å². The SMILES string of the molecule is CCN(Cc1ccccc1)Cc1cc(F)ccc1N. The summed E-state index contributed by atoms with van der Waals surface area (Å²) in [6, 6.07) is 14.8. The fourth-order valence-electron chi connectivity index (χ4n) is 2.07. The van der Waals surface area contributed by atoms with Crippen LogP contribution in [0.1, 0.15) is 18.1 Å². The molecule has 0 unspecified atom stereocenters. The Kier molecular flexibility index (Phi) is 4.53. The van der Waals surface area contributed by atoms with Crippen molar-refractivity contribution < 1.29 is 4.39 Å². The Morgan fingerprint density at radius 2 is 1.79 bits per heavy atom. The highest BCUT2D eigenvalue weighted by Crippen LogP contribution is 2.17. The average Bonchev–Trinajstić information content (AvgIpc) is 2.43. The standard InChI is InChI=1S/C16H19FN2/c1-2-19(11-13-6-4-3-5-7-13)12-14-10-15(17)8-9-16(14)18/h3-10H,2,11-12,18H2,1H3. The molecule has 2 aromatic carbocycles. The van der Waals surface area contributed by atoms with Crippen LogP contribution in [0, 0.1) is 5.82 Å². The molecule has 0 radical (unpaired) electrons. The second-order valence-electron chi connectivity index (χ2n) is 4.63. The highest BCUT2D eigenvalue weighted by atomic mass is 19.1. The molecule has 19 heavy (non-hydrogen) atoms. The molecule has 0 fully saturated rings. The number of nitrogens with two attached hydrogens (primary N) is 1. The average molecular weight is 258 g/mol. The molecule has 0 spiro atoms. The van der Waals surface area contributed by atoms with Crippen LogP contribution >= 0.6 is 0 Å². The zero-order valence-electron chi connectivity index (χ0n) is 11.1. The number of rotatable bonds is 5. The van der Waals surface area contributed by atoms with E-state index in [0.717, 1.165) is 18.7 Å². The van der Waals surface area contributed by atoms with Crippen LogP contribution in [0.4, 0.5) is 10.1 Å². The third-order valence-corrected chi connectivity index (χ3v) is 3.20. The van der Waals surface area contributed by atoms with Crippen molar-refractivity contribution in [3.05, 3.63) is 65.5 Å². The Labute approximate surface area is 113 Å². The van der Waals surface area contributed by atoms with Gasteiger partial charge in [0, 0.05) is 18.8 Å². The summed E-state index contributed by atoms with van der Waals surface area (Å²) >= 11 is 0. The van der Waals surface area contributed by atoms with Crippen molar-refractivity contribution in [1.29, 1.82) is 0 Å². The molecular formula is C16H19FN2. The lowest BCUT2D eigenvalue weighted by Crippen LogP contribution is -2.22. The van der Waals surface area contributed by atoms with Gasteiger partial charge in [-0.1, -0.05) is 37.3 Å². The molecule has 0 heterocycles. The van der Waals surface area contributed by atoms with Gasteiger partial charge < -0.3 is 5.73 Å². The first-order valence-electron chi connectivity index (χ1n) is 6.49. The summed E-state index contributed by atoms with van der Waals surface area (Å²) in [7, 11) is 0. The lowest BCUT2D eigenvalue weighted by Gasteiger charge is -2.21. The van der Waals surface area contributed by atoms with E-state index in [2.05, 4.69) is 24.0 Å². The molecule has 0 aliphatic carbocycles. The summed E-state index contributed by atoms with van der Waals surface area (Å²) in [5.74, 6) is -0.236. The molecule has 2 nitrogen and oxygen atoms in total. The number of nitrogen functional groups attached to an aromatic ring is 1. The van der Waals surface area contributed by atoms with Crippen LogP contribution in [0.25, 0.3) is 0 Å². The molecular weight excluding hydrogens is 239 g/mol. The monoisotopic (exact) mass is 258 g/mol. The molecule has 0 aromatic heterocycles. The lowest BCUT2D eigenvalue weighted by molar-refractivity contribution is 0.271. The van der Waals surface area contributed by atoms with Gasteiger partial charge in [-0.15, -0.1) is 0 Å². The summed E-state index contributed by atoms with van der Waals surface area (Å²) < 4.78 is 13.3. The fraction of sp³-hybridized carbons (Fsp3) is 0.250. The molecule has 0 atom stereocenters. The molecule has 0 aliphatic rings. The molecule has 3 heteroatoms. The van der Waals surface area contributed by atoms with Crippen LogP contribution < -0.4 is 5.73 Å². The molecule has 100 valence electrons. The number of hydrogen-bond acceptors (Lipinski definition) is 2. The van der Waals surface area contributed by atoms with E-state index in [0.29, 0.717) is 12.2 Å². The van der Waals surface area contributed by atoms with Gasteiger partial charge in [-0.25, -0.2) is 4.39 Å². The molecule has 0 amide bonds. The van der Waals surface area contributed by atoms with E-state index in [9.17, 15) is 4.39 Å². The zero-order valence-corrected chi connectivity index (χ0v) is 11.1. The number of hydrogen-bond donors (Lipinski definition) is 1. The summed E-state index contributed by atoms with van der Waals surface area (Å²) in [5.41, 5.74) is 8.63. The van der Waals surface area contributed by atoms with Crippen LogP contribution in [-0.4, -0.2) is 11.4 Å². The Hall–Kier alpha value is -1.87. The summed E-state index contributed by atoms with van der Waals surface area (Å²) in [5, 5.41) is 0. The maximum absolute atomic E-state index is 13.3. The van der Waals surface area contributed by atoms with Crippen LogP contribution in [0.3, 0.4) is 0 Å². The predicted molar refractivity (Wildman–Crippen MR) is 77.0 cm³/mol. The van der Waals surface area contributed by atoms with Crippen molar-refractivity contribution in [2.24, 2.45) is 0 Å². The maximum atomic E-state index is 13.3. The van der Waals surface area contributed by atoms with Crippen molar-refractivity contribution >= 4 is 5.69 Å².